The van der Waals surface area contributed by atoms with Crippen LogP contribution in [-0.4, -0.2) is 6.54 Å². The average Bonchev–Trinajstić information content (AvgIpc) is 2.40. The van der Waals surface area contributed by atoms with E-state index in [1.165, 1.54) is 22.3 Å². The quantitative estimate of drug-likeness (QED) is 0.752. The van der Waals surface area contributed by atoms with Gasteiger partial charge in [-0.1, -0.05) is 53.9 Å². The second-order valence-corrected chi connectivity index (χ2v) is 5.77. The zero-order valence-corrected chi connectivity index (χ0v) is 13.2. The molecule has 0 bridgehead atoms. The van der Waals surface area contributed by atoms with E-state index in [0.29, 0.717) is 0 Å². The Bertz CT molecular complexity index is 570. The number of halogens is 1. The molecule has 0 radical (unpaired) electrons. The van der Waals surface area contributed by atoms with E-state index in [2.05, 4.69) is 56.4 Å². The van der Waals surface area contributed by atoms with Gasteiger partial charge in [0.1, 0.15) is 0 Å². The van der Waals surface area contributed by atoms with Crippen molar-refractivity contribution in [2.75, 3.05) is 6.54 Å². The summed E-state index contributed by atoms with van der Waals surface area (Å²) in [7, 11) is 0. The van der Waals surface area contributed by atoms with E-state index in [1.54, 1.807) is 0 Å². The van der Waals surface area contributed by atoms with Crippen LogP contribution in [0.4, 0.5) is 0 Å². The first-order chi connectivity index (χ1) is 9.60. The van der Waals surface area contributed by atoms with Gasteiger partial charge in [-0.2, -0.15) is 0 Å². The largest absolute Gasteiger partial charge is 0.313 e. The van der Waals surface area contributed by atoms with Crippen molar-refractivity contribution < 1.29 is 0 Å². The van der Waals surface area contributed by atoms with E-state index >= 15 is 0 Å². The fourth-order valence-electron chi connectivity index (χ4n) is 2.43. The lowest BCUT2D eigenvalue weighted by Gasteiger charge is -2.10. The number of aryl methyl sites for hydroxylation is 2. The van der Waals surface area contributed by atoms with E-state index in [-0.39, 0.29) is 0 Å². The first kappa shape index (κ1) is 15.1. The molecule has 0 spiro atoms. The summed E-state index contributed by atoms with van der Waals surface area (Å²) in [5.41, 5.74) is 6.24. The Kier molecular flexibility index (Phi) is 5.22. The molecule has 0 amide bonds. The van der Waals surface area contributed by atoms with Crippen LogP contribution in [0.3, 0.4) is 0 Å². The molecule has 0 heterocycles. The third-order valence-corrected chi connectivity index (χ3v) is 3.71. The van der Waals surface area contributed by atoms with Crippen LogP contribution in [0, 0.1) is 13.8 Å². The zero-order chi connectivity index (χ0) is 14.5. The maximum atomic E-state index is 6.29. The van der Waals surface area contributed by atoms with Crippen molar-refractivity contribution in [2.45, 2.75) is 33.7 Å². The molecule has 2 rings (SSSR count). The first-order valence-electron chi connectivity index (χ1n) is 7.18. The normalized spacial score (nSPS) is 10.8. The lowest BCUT2D eigenvalue weighted by atomic mass is 9.99. The second kappa shape index (κ2) is 6.92. The van der Waals surface area contributed by atoms with Gasteiger partial charge in [0, 0.05) is 11.6 Å². The molecule has 1 nitrogen and oxygen atoms in total. The monoisotopic (exact) mass is 287 g/mol. The van der Waals surface area contributed by atoms with Crippen molar-refractivity contribution in [3.8, 4) is 11.1 Å². The molecule has 0 aliphatic heterocycles. The molecule has 0 aliphatic rings. The van der Waals surface area contributed by atoms with Gasteiger partial charge < -0.3 is 5.32 Å². The van der Waals surface area contributed by atoms with Gasteiger partial charge in [0.05, 0.1) is 0 Å². The standard InChI is InChI=1S/C18H22ClN/c1-4-7-20-12-17-11-15(5-6-18(17)19)16-9-13(2)8-14(3)10-16/h5-6,8-11,20H,4,7,12H2,1-3H3. The Balaban J connectivity index is 2.30. The molecule has 0 unspecified atom stereocenters. The highest BCUT2D eigenvalue weighted by Gasteiger charge is 2.05. The van der Waals surface area contributed by atoms with Gasteiger partial charge in [-0.3, -0.25) is 0 Å². The summed E-state index contributed by atoms with van der Waals surface area (Å²) < 4.78 is 0. The molecule has 106 valence electrons. The van der Waals surface area contributed by atoms with Gasteiger partial charge in [0.15, 0.2) is 0 Å². The summed E-state index contributed by atoms with van der Waals surface area (Å²) in [4.78, 5) is 0. The highest BCUT2D eigenvalue weighted by Crippen LogP contribution is 2.26. The summed E-state index contributed by atoms with van der Waals surface area (Å²) in [6.07, 6.45) is 1.13. The van der Waals surface area contributed by atoms with Crippen LogP contribution in [0.2, 0.25) is 5.02 Å². The van der Waals surface area contributed by atoms with Crippen LogP contribution in [-0.2, 0) is 6.54 Å². The molecule has 2 aromatic carbocycles. The predicted octanol–water partition coefficient (Wildman–Crippen LogP) is 5.12. The average molecular weight is 288 g/mol. The molecular weight excluding hydrogens is 266 g/mol. The van der Waals surface area contributed by atoms with Crippen molar-refractivity contribution in [3.05, 3.63) is 58.1 Å². The van der Waals surface area contributed by atoms with Gasteiger partial charge in [-0.25, -0.2) is 0 Å². The predicted molar refractivity (Wildman–Crippen MR) is 88.4 cm³/mol. The molecule has 1 N–H and O–H groups in total. The van der Waals surface area contributed by atoms with Crippen LogP contribution in [0.5, 0.6) is 0 Å². The lowest BCUT2D eigenvalue weighted by molar-refractivity contribution is 0.676. The maximum Gasteiger partial charge on any atom is 0.0451 e. The summed E-state index contributed by atoms with van der Waals surface area (Å²) >= 11 is 6.29. The van der Waals surface area contributed by atoms with E-state index < -0.39 is 0 Å². The van der Waals surface area contributed by atoms with E-state index in [1.807, 2.05) is 6.07 Å². The Labute approximate surface area is 127 Å². The van der Waals surface area contributed by atoms with Crippen LogP contribution in [0.1, 0.15) is 30.0 Å². The SMILES string of the molecule is CCCNCc1cc(-c2cc(C)cc(C)c2)ccc1Cl. The zero-order valence-electron chi connectivity index (χ0n) is 12.5. The van der Waals surface area contributed by atoms with Gasteiger partial charge in [-0.15, -0.1) is 0 Å². The fourth-order valence-corrected chi connectivity index (χ4v) is 2.62. The van der Waals surface area contributed by atoms with Gasteiger partial charge in [0.2, 0.25) is 0 Å². The van der Waals surface area contributed by atoms with Gasteiger partial charge in [0.25, 0.3) is 0 Å². The highest BCUT2D eigenvalue weighted by atomic mass is 35.5. The molecule has 2 heteroatoms. The van der Waals surface area contributed by atoms with Gasteiger partial charge >= 0.3 is 0 Å². The highest BCUT2D eigenvalue weighted by molar-refractivity contribution is 6.31. The summed E-state index contributed by atoms with van der Waals surface area (Å²) in [6.45, 7) is 8.28. The minimum Gasteiger partial charge on any atom is -0.313 e. The Morgan fingerprint density at radius 1 is 0.950 bits per heavy atom. The summed E-state index contributed by atoms with van der Waals surface area (Å²) in [6, 6.07) is 12.9. The minimum absolute atomic E-state index is 0.825. The Hall–Kier alpha value is -1.31. The molecule has 0 aromatic heterocycles. The molecular formula is C18H22ClN. The van der Waals surface area contributed by atoms with Crippen LogP contribution < -0.4 is 5.32 Å². The summed E-state index contributed by atoms with van der Waals surface area (Å²) in [5.74, 6) is 0. The molecule has 0 aliphatic carbocycles. The van der Waals surface area contributed by atoms with Crippen LogP contribution in [0.15, 0.2) is 36.4 Å². The van der Waals surface area contributed by atoms with Gasteiger partial charge in [-0.05, 0) is 55.6 Å². The number of nitrogens with one attached hydrogen (secondary N) is 1. The number of hydrogen-bond acceptors (Lipinski definition) is 1. The molecule has 0 fully saturated rings. The first-order valence-corrected chi connectivity index (χ1v) is 7.55. The van der Waals surface area contributed by atoms with Crippen molar-refractivity contribution in [1.82, 2.24) is 5.32 Å². The van der Waals surface area contributed by atoms with E-state index in [0.717, 1.165) is 30.1 Å². The van der Waals surface area contributed by atoms with E-state index in [9.17, 15) is 0 Å². The maximum absolute atomic E-state index is 6.29. The molecule has 0 saturated heterocycles. The number of benzene rings is 2. The van der Waals surface area contributed by atoms with Crippen molar-refractivity contribution in [2.24, 2.45) is 0 Å². The van der Waals surface area contributed by atoms with E-state index in [4.69, 9.17) is 11.6 Å². The van der Waals surface area contributed by atoms with Crippen LogP contribution >= 0.6 is 11.6 Å². The Morgan fingerprint density at radius 2 is 1.65 bits per heavy atom. The third-order valence-electron chi connectivity index (χ3n) is 3.34. The smallest absolute Gasteiger partial charge is 0.0451 e. The number of rotatable bonds is 5. The Morgan fingerprint density at radius 3 is 2.30 bits per heavy atom. The fraction of sp³-hybridized carbons (Fsp3) is 0.333. The lowest BCUT2D eigenvalue weighted by Crippen LogP contribution is -2.14. The van der Waals surface area contributed by atoms with Crippen molar-refractivity contribution in [1.29, 1.82) is 0 Å². The minimum atomic E-state index is 0.825. The third kappa shape index (κ3) is 3.84. The summed E-state index contributed by atoms with van der Waals surface area (Å²) in [5, 5.41) is 4.24. The topological polar surface area (TPSA) is 12.0 Å². The van der Waals surface area contributed by atoms with Crippen molar-refractivity contribution >= 4 is 11.6 Å². The molecule has 20 heavy (non-hydrogen) atoms. The van der Waals surface area contributed by atoms with Crippen LogP contribution in [0.25, 0.3) is 11.1 Å². The number of hydrogen-bond donors (Lipinski definition) is 1. The van der Waals surface area contributed by atoms with Crippen molar-refractivity contribution in [3.63, 3.8) is 0 Å². The molecule has 2 aromatic rings. The second-order valence-electron chi connectivity index (χ2n) is 5.36. The molecule has 0 saturated carbocycles. The molecule has 0 atom stereocenters.